The van der Waals surface area contributed by atoms with E-state index >= 15 is 0 Å². The number of aryl methyl sites for hydroxylation is 1. The van der Waals surface area contributed by atoms with Gasteiger partial charge in [0.15, 0.2) is 12.2 Å². The summed E-state index contributed by atoms with van der Waals surface area (Å²) < 4.78 is 4.68. The van der Waals surface area contributed by atoms with E-state index < -0.39 is 24.1 Å². The van der Waals surface area contributed by atoms with E-state index in [-0.39, 0.29) is 6.61 Å². The standard InChI is InChI=1S/C13H16O6/c14-10(12(16)17)11(15)13(18)19-8-4-7-9-5-2-1-3-6-9/h1-3,5-6,10-11,14-15H,4,7-8H2,(H,16,17). The zero-order chi connectivity index (χ0) is 14.3. The maximum Gasteiger partial charge on any atom is 0.338 e. The summed E-state index contributed by atoms with van der Waals surface area (Å²) in [4.78, 5) is 21.5. The van der Waals surface area contributed by atoms with Crippen LogP contribution in [0.25, 0.3) is 0 Å². The first-order valence-corrected chi connectivity index (χ1v) is 5.82. The Morgan fingerprint density at radius 1 is 1.11 bits per heavy atom. The molecule has 3 N–H and O–H groups in total. The summed E-state index contributed by atoms with van der Waals surface area (Å²) in [7, 11) is 0. The smallest absolute Gasteiger partial charge is 0.338 e. The molecular weight excluding hydrogens is 252 g/mol. The molecule has 0 radical (unpaired) electrons. The molecule has 6 heteroatoms. The Labute approximate surface area is 110 Å². The van der Waals surface area contributed by atoms with Crippen LogP contribution in [0.3, 0.4) is 0 Å². The molecule has 0 aromatic heterocycles. The number of aliphatic hydroxyl groups is 2. The van der Waals surface area contributed by atoms with Gasteiger partial charge in [-0.15, -0.1) is 0 Å². The van der Waals surface area contributed by atoms with Crippen molar-refractivity contribution in [3.8, 4) is 0 Å². The molecule has 0 spiro atoms. The first-order chi connectivity index (χ1) is 9.02. The zero-order valence-corrected chi connectivity index (χ0v) is 10.2. The van der Waals surface area contributed by atoms with Crippen LogP contribution in [0.4, 0.5) is 0 Å². The summed E-state index contributed by atoms with van der Waals surface area (Å²) in [6.07, 6.45) is -2.98. The third-order valence-electron chi connectivity index (χ3n) is 2.49. The van der Waals surface area contributed by atoms with E-state index in [1.165, 1.54) is 0 Å². The monoisotopic (exact) mass is 268 g/mol. The number of aliphatic carboxylic acids is 1. The van der Waals surface area contributed by atoms with Crippen LogP contribution in [0.5, 0.6) is 0 Å². The van der Waals surface area contributed by atoms with Crippen LogP contribution in [0.15, 0.2) is 30.3 Å². The van der Waals surface area contributed by atoms with Gasteiger partial charge in [-0.25, -0.2) is 9.59 Å². The fourth-order valence-electron chi connectivity index (χ4n) is 1.44. The Hall–Kier alpha value is -1.92. The number of carboxylic acid groups (broad SMARTS) is 1. The fourth-order valence-corrected chi connectivity index (χ4v) is 1.44. The van der Waals surface area contributed by atoms with E-state index in [0.29, 0.717) is 12.8 Å². The molecule has 0 aliphatic carbocycles. The van der Waals surface area contributed by atoms with Gasteiger partial charge in [0, 0.05) is 0 Å². The average molecular weight is 268 g/mol. The van der Waals surface area contributed by atoms with Crippen molar-refractivity contribution in [2.24, 2.45) is 0 Å². The highest BCUT2D eigenvalue weighted by Crippen LogP contribution is 2.03. The van der Waals surface area contributed by atoms with Gasteiger partial charge in [-0.05, 0) is 18.4 Å². The third-order valence-corrected chi connectivity index (χ3v) is 2.49. The first kappa shape index (κ1) is 15.1. The second-order valence-corrected chi connectivity index (χ2v) is 3.98. The minimum atomic E-state index is -2.17. The SMILES string of the molecule is O=C(O)C(O)C(O)C(=O)OCCCc1ccccc1. The zero-order valence-electron chi connectivity index (χ0n) is 10.2. The summed E-state index contributed by atoms with van der Waals surface area (Å²) >= 11 is 0. The highest BCUT2D eigenvalue weighted by molar-refractivity contribution is 5.84. The number of carbonyl (C=O) groups excluding carboxylic acids is 1. The van der Waals surface area contributed by atoms with Crippen LogP contribution in [-0.2, 0) is 20.7 Å². The third kappa shape index (κ3) is 5.07. The minimum Gasteiger partial charge on any atom is -0.479 e. The minimum absolute atomic E-state index is 0.0527. The summed E-state index contributed by atoms with van der Waals surface area (Å²) in [5.41, 5.74) is 1.09. The Bertz CT molecular complexity index is 416. The van der Waals surface area contributed by atoms with Crippen LogP contribution in [0.1, 0.15) is 12.0 Å². The van der Waals surface area contributed by atoms with Crippen molar-refractivity contribution in [3.63, 3.8) is 0 Å². The fraction of sp³-hybridized carbons (Fsp3) is 0.385. The summed E-state index contributed by atoms with van der Waals surface area (Å²) in [6, 6.07) is 9.56. The number of hydrogen-bond acceptors (Lipinski definition) is 5. The number of benzene rings is 1. The van der Waals surface area contributed by atoms with Gasteiger partial charge in [0.2, 0.25) is 0 Å². The Morgan fingerprint density at radius 2 is 1.74 bits per heavy atom. The van der Waals surface area contributed by atoms with Gasteiger partial charge in [0.1, 0.15) is 0 Å². The lowest BCUT2D eigenvalue weighted by atomic mass is 10.1. The van der Waals surface area contributed by atoms with Crippen LogP contribution < -0.4 is 0 Å². The molecule has 1 rings (SSSR count). The van der Waals surface area contributed by atoms with Gasteiger partial charge < -0.3 is 20.1 Å². The summed E-state index contributed by atoms with van der Waals surface area (Å²) in [5, 5.41) is 26.5. The molecule has 0 heterocycles. The molecule has 0 bridgehead atoms. The number of aliphatic hydroxyl groups excluding tert-OH is 2. The molecular formula is C13H16O6. The van der Waals surface area contributed by atoms with E-state index in [1.54, 1.807) is 0 Å². The number of carbonyl (C=O) groups is 2. The number of esters is 1. The summed E-state index contributed by atoms with van der Waals surface area (Å²) in [5.74, 6) is -2.81. The predicted molar refractivity (Wildman–Crippen MR) is 65.4 cm³/mol. The molecule has 1 aromatic rings. The average Bonchev–Trinajstić information content (AvgIpc) is 2.42. The predicted octanol–water partition coefficient (Wildman–Crippen LogP) is -0.0312. The highest BCUT2D eigenvalue weighted by Gasteiger charge is 2.31. The van der Waals surface area contributed by atoms with Crippen LogP contribution >= 0.6 is 0 Å². The molecule has 0 aliphatic heterocycles. The molecule has 1 aromatic carbocycles. The van der Waals surface area contributed by atoms with Crippen LogP contribution in [0, 0.1) is 0 Å². The van der Waals surface area contributed by atoms with Crippen molar-refractivity contribution < 1.29 is 29.6 Å². The van der Waals surface area contributed by atoms with Crippen molar-refractivity contribution >= 4 is 11.9 Å². The normalized spacial score (nSPS) is 13.6. The van der Waals surface area contributed by atoms with Crippen molar-refractivity contribution in [2.75, 3.05) is 6.61 Å². The Kier molecular flexibility index (Phi) is 5.98. The lowest BCUT2D eigenvalue weighted by molar-refractivity contribution is -0.169. The molecule has 0 saturated carbocycles. The van der Waals surface area contributed by atoms with Crippen molar-refractivity contribution in [2.45, 2.75) is 25.0 Å². The first-order valence-electron chi connectivity index (χ1n) is 5.82. The molecule has 6 nitrogen and oxygen atoms in total. The topological polar surface area (TPSA) is 104 Å². The van der Waals surface area contributed by atoms with Crippen molar-refractivity contribution in [3.05, 3.63) is 35.9 Å². The quantitative estimate of drug-likeness (QED) is 0.474. The molecule has 2 atom stereocenters. The maximum absolute atomic E-state index is 11.2. The van der Waals surface area contributed by atoms with Crippen molar-refractivity contribution in [1.29, 1.82) is 0 Å². The molecule has 0 fully saturated rings. The van der Waals surface area contributed by atoms with Crippen molar-refractivity contribution in [1.82, 2.24) is 0 Å². The van der Waals surface area contributed by atoms with E-state index in [9.17, 15) is 9.59 Å². The van der Waals surface area contributed by atoms with Crippen LogP contribution in [-0.4, -0.2) is 46.1 Å². The largest absolute Gasteiger partial charge is 0.479 e. The second kappa shape index (κ2) is 7.50. The molecule has 19 heavy (non-hydrogen) atoms. The van der Waals surface area contributed by atoms with Gasteiger partial charge >= 0.3 is 11.9 Å². The Morgan fingerprint density at radius 3 is 2.32 bits per heavy atom. The van der Waals surface area contributed by atoms with E-state index in [4.69, 9.17) is 15.3 Å². The molecule has 104 valence electrons. The Balaban J connectivity index is 2.26. The molecule has 0 aliphatic rings. The van der Waals surface area contributed by atoms with Gasteiger partial charge in [0.25, 0.3) is 0 Å². The molecule has 2 unspecified atom stereocenters. The van der Waals surface area contributed by atoms with E-state index in [1.807, 2.05) is 30.3 Å². The van der Waals surface area contributed by atoms with Gasteiger partial charge in [-0.2, -0.15) is 0 Å². The van der Waals surface area contributed by atoms with Gasteiger partial charge in [-0.1, -0.05) is 30.3 Å². The van der Waals surface area contributed by atoms with Crippen LogP contribution in [0.2, 0.25) is 0 Å². The van der Waals surface area contributed by atoms with E-state index in [2.05, 4.69) is 4.74 Å². The summed E-state index contributed by atoms with van der Waals surface area (Å²) in [6.45, 7) is 0.0527. The number of hydrogen-bond donors (Lipinski definition) is 3. The lowest BCUT2D eigenvalue weighted by Gasteiger charge is -2.13. The molecule has 0 amide bonds. The van der Waals surface area contributed by atoms with Gasteiger partial charge in [0.05, 0.1) is 6.61 Å². The van der Waals surface area contributed by atoms with Gasteiger partial charge in [-0.3, -0.25) is 0 Å². The maximum atomic E-state index is 11.2. The highest BCUT2D eigenvalue weighted by atomic mass is 16.5. The number of carboxylic acids is 1. The van der Waals surface area contributed by atoms with E-state index in [0.717, 1.165) is 5.56 Å². The lowest BCUT2D eigenvalue weighted by Crippen LogP contribution is -2.40. The number of rotatable bonds is 7. The molecule has 0 saturated heterocycles. The number of ether oxygens (including phenoxy) is 1. The second-order valence-electron chi connectivity index (χ2n) is 3.98.